The second kappa shape index (κ2) is 5.43. The molecule has 1 fully saturated rings. The van der Waals surface area contributed by atoms with Crippen LogP contribution in [0.5, 0.6) is 0 Å². The fraction of sp³-hybridized carbons (Fsp3) is 0.833. The lowest BCUT2D eigenvalue weighted by atomic mass is 9.76. The Hall–Kier alpha value is -0.300. The lowest BCUT2D eigenvalue weighted by Gasteiger charge is -2.32. The van der Waals surface area contributed by atoms with Crippen LogP contribution >= 0.6 is 0 Å². The Balaban J connectivity index is 2.35. The number of hydrogen-bond donors (Lipinski definition) is 1. The van der Waals surface area contributed by atoms with Gasteiger partial charge in [0, 0.05) is 0 Å². The van der Waals surface area contributed by atoms with E-state index in [2.05, 4.69) is 13.5 Å². The third-order valence-corrected chi connectivity index (χ3v) is 3.37. The second-order valence-corrected chi connectivity index (χ2v) is 4.28. The van der Waals surface area contributed by atoms with Gasteiger partial charge in [-0.3, -0.25) is 0 Å². The molecule has 0 aromatic heterocycles. The van der Waals surface area contributed by atoms with E-state index in [0.29, 0.717) is 5.92 Å². The molecule has 13 heavy (non-hydrogen) atoms. The Labute approximate surface area is 81.9 Å². The summed E-state index contributed by atoms with van der Waals surface area (Å²) in [6, 6.07) is 0. The van der Waals surface area contributed by atoms with Crippen LogP contribution in [0.4, 0.5) is 0 Å². The molecule has 0 saturated heterocycles. The summed E-state index contributed by atoms with van der Waals surface area (Å²) in [6.45, 7) is 5.98. The normalized spacial score (nSPS) is 34.5. The molecule has 0 spiro atoms. The summed E-state index contributed by atoms with van der Waals surface area (Å²) in [5, 5.41) is 9.77. The van der Waals surface area contributed by atoms with Crippen LogP contribution < -0.4 is 0 Å². The molecule has 76 valence electrons. The maximum atomic E-state index is 9.77. The molecule has 3 atom stereocenters. The summed E-state index contributed by atoms with van der Waals surface area (Å²) in [7, 11) is 0. The van der Waals surface area contributed by atoms with Crippen molar-refractivity contribution in [1.29, 1.82) is 0 Å². The minimum absolute atomic E-state index is 0.0391. The Kier molecular flexibility index (Phi) is 4.51. The maximum Gasteiger partial charge on any atom is 0.0568 e. The van der Waals surface area contributed by atoms with Crippen molar-refractivity contribution in [1.82, 2.24) is 0 Å². The van der Waals surface area contributed by atoms with Gasteiger partial charge < -0.3 is 5.11 Å². The molecular weight excluding hydrogens is 160 g/mol. The first-order valence-electron chi connectivity index (χ1n) is 5.56. The van der Waals surface area contributed by atoms with Crippen LogP contribution in [0.25, 0.3) is 0 Å². The molecule has 1 rings (SSSR count). The summed E-state index contributed by atoms with van der Waals surface area (Å²) in [4.78, 5) is 0. The predicted octanol–water partition coefficient (Wildman–Crippen LogP) is 3.14. The van der Waals surface area contributed by atoms with Crippen molar-refractivity contribution in [3.63, 3.8) is 0 Å². The third-order valence-electron chi connectivity index (χ3n) is 3.37. The van der Waals surface area contributed by atoms with E-state index in [1.165, 1.54) is 19.3 Å². The van der Waals surface area contributed by atoms with Crippen LogP contribution in [0.2, 0.25) is 0 Å². The zero-order chi connectivity index (χ0) is 9.68. The van der Waals surface area contributed by atoms with Crippen molar-refractivity contribution >= 4 is 0 Å². The molecule has 1 nitrogen and oxygen atoms in total. The average Bonchev–Trinajstić information content (AvgIpc) is 2.17. The largest absolute Gasteiger partial charge is 0.393 e. The molecule has 0 heterocycles. The highest BCUT2D eigenvalue weighted by atomic mass is 16.3. The molecule has 0 aromatic carbocycles. The van der Waals surface area contributed by atoms with Crippen molar-refractivity contribution in [3.8, 4) is 0 Å². The fourth-order valence-corrected chi connectivity index (χ4v) is 2.36. The standard InChI is InChI=1S/C12H22O/c1-3-5-6-11-9-10(4-2)7-8-12(11)13/h3,10-13H,1,4-9H2,2H3. The van der Waals surface area contributed by atoms with Crippen molar-refractivity contribution in [3.05, 3.63) is 12.7 Å². The third kappa shape index (κ3) is 3.15. The first-order chi connectivity index (χ1) is 6.27. The van der Waals surface area contributed by atoms with Gasteiger partial charge in [-0.1, -0.05) is 19.4 Å². The summed E-state index contributed by atoms with van der Waals surface area (Å²) in [5.41, 5.74) is 0. The van der Waals surface area contributed by atoms with E-state index in [0.717, 1.165) is 25.2 Å². The number of rotatable bonds is 4. The Morgan fingerprint density at radius 1 is 1.46 bits per heavy atom. The fourth-order valence-electron chi connectivity index (χ4n) is 2.36. The molecule has 0 aromatic rings. The lowest BCUT2D eigenvalue weighted by molar-refractivity contribution is 0.0436. The summed E-state index contributed by atoms with van der Waals surface area (Å²) in [6.07, 6.45) is 8.84. The highest BCUT2D eigenvalue weighted by Crippen LogP contribution is 2.33. The smallest absolute Gasteiger partial charge is 0.0568 e. The van der Waals surface area contributed by atoms with Gasteiger partial charge in [0.2, 0.25) is 0 Å². The second-order valence-electron chi connectivity index (χ2n) is 4.28. The quantitative estimate of drug-likeness (QED) is 0.662. The van der Waals surface area contributed by atoms with E-state index in [4.69, 9.17) is 0 Å². The number of hydrogen-bond acceptors (Lipinski definition) is 1. The van der Waals surface area contributed by atoms with Crippen molar-refractivity contribution in [2.75, 3.05) is 0 Å². The van der Waals surface area contributed by atoms with E-state index in [-0.39, 0.29) is 6.10 Å². The van der Waals surface area contributed by atoms with Crippen LogP contribution in [0.3, 0.4) is 0 Å². The topological polar surface area (TPSA) is 20.2 Å². The molecular formula is C12H22O. The highest BCUT2D eigenvalue weighted by molar-refractivity contribution is 4.81. The van der Waals surface area contributed by atoms with E-state index < -0.39 is 0 Å². The highest BCUT2D eigenvalue weighted by Gasteiger charge is 2.27. The minimum Gasteiger partial charge on any atom is -0.393 e. The first-order valence-corrected chi connectivity index (χ1v) is 5.56. The SMILES string of the molecule is C=CCCC1CC(CC)CCC1O. The molecule has 1 saturated carbocycles. The Morgan fingerprint density at radius 2 is 2.23 bits per heavy atom. The van der Waals surface area contributed by atoms with Crippen molar-refractivity contribution < 1.29 is 5.11 Å². The summed E-state index contributed by atoms with van der Waals surface area (Å²) in [5.74, 6) is 1.40. The summed E-state index contributed by atoms with van der Waals surface area (Å²) < 4.78 is 0. The van der Waals surface area contributed by atoms with Gasteiger partial charge in [0.25, 0.3) is 0 Å². The molecule has 3 unspecified atom stereocenters. The van der Waals surface area contributed by atoms with Crippen LogP contribution in [-0.2, 0) is 0 Å². The van der Waals surface area contributed by atoms with Gasteiger partial charge in [0.05, 0.1) is 6.10 Å². The maximum absolute atomic E-state index is 9.77. The molecule has 1 aliphatic rings. The first kappa shape index (κ1) is 10.8. The van der Waals surface area contributed by atoms with E-state index in [1.807, 2.05) is 6.08 Å². The predicted molar refractivity (Wildman–Crippen MR) is 56.6 cm³/mol. The van der Waals surface area contributed by atoms with E-state index >= 15 is 0 Å². The molecule has 1 heteroatoms. The average molecular weight is 182 g/mol. The van der Waals surface area contributed by atoms with Gasteiger partial charge in [-0.25, -0.2) is 0 Å². The van der Waals surface area contributed by atoms with Crippen molar-refractivity contribution in [2.45, 2.75) is 51.6 Å². The van der Waals surface area contributed by atoms with Crippen LogP contribution in [-0.4, -0.2) is 11.2 Å². The van der Waals surface area contributed by atoms with E-state index in [1.54, 1.807) is 0 Å². The van der Waals surface area contributed by atoms with Gasteiger partial charge in [-0.15, -0.1) is 6.58 Å². The zero-order valence-electron chi connectivity index (χ0n) is 8.71. The van der Waals surface area contributed by atoms with Gasteiger partial charge >= 0.3 is 0 Å². The molecule has 0 radical (unpaired) electrons. The monoisotopic (exact) mass is 182 g/mol. The molecule has 0 amide bonds. The Morgan fingerprint density at radius 3 is 2.85 bits per heavy atom. The van der Waals surface area contributed by atoms with Crippen LogP contribution in [0.15, 0.2) is 12.7 Å². The molecule has 0 aliphatic heterocycles. The number of aliphatic hydroxyl groups is 1. The van der Waals surface area contributed by atoms with Gasteiger partial charge in [-0.2, -0.15) is 0 Å². The van der Waals surface area contributed by atoms with Gasteiger partial charge in [0.15, 0.2) is 0 Å². The molecule has 0 bridgehead atoms. The van der Waals surface area contributed by atoms with Crippen LogP contribution in [0, 0.1) is 11.8 Å². The zero-order valence-corrected chi connectivity index (χ0v) is 8.71. The number of allylic oxidation sites excluding steroid dienone is 1. The van der Waals surface area contributed by atoms with E-state index in [9.17, 15) is 5.11 Å². The van der Waals surface area contributed by atoms with Gasteiger partial charge in [-0.05, 0) is 43.9 Å². The summed E-state index contributed by atoms with van der Waals surface area (Å²) >= 11 is 0. The van der Waals surface area contributed by atoms with Crippen LogP contribution in [0.1, 0.15) is 45.4 Å². The molecule has 1 aliphatic carbocycles. The van der Waals surface area contributed by atoms with Crippen molar-refractivity contribution in [2.24, 2.45) is 11.8 Å². The lowest BCUT2D eigenvalue weighted by Crippen LogP contribution is -2.28. The minimum atomic E-state index is -0.0391. The molecule has 1 N–H and O–H groups in total. The van der Waals surface area contributed by atoms with Gasteiger partial charge in [0.1, 0.15) is 0 Å². The number of aliphatic hydroxyl groups excluding tert-OH is 1. The Bertz CT molecular complexity index is 153.